The standard InChI is InChI=1S/C32H36N4O4S/c1-19-5-3-6-20(2)29(19)27-13-28-35-31(34-27)36-41(38,39)26-8-4-7-24(12-26)30(37)33-25(18-40-28)17-32-14-21-9-22(15-32)11-23(10-21)16-32/h3-8,12-13,21-23,25H,9-11,14-18H2,1-2H3,(H,33,37)(H,34,35,36)/t21?,22?,23?,25-,32?/m0/s1. The third kappa shape index (κ3) is 5.09. The molecule has 2 heterocycles. The molecule has 214 valence electrons. The van der Waals surface area contributed by atoms with Crippen molar-refractivity contribution in [1.82, 2.24) is 15.3 Å². The van der Waals surface area contributed by atoms with Gasteiger partial charge in [0.05, 0.1) is 16.6 Å². The first-order chi connectivity index (χ1) is 19.6. The third-order valence-electron chi connectivity index (χ3n) is 9.68. The number of carbonyl (C=O) groups is 1. The molecule has 8 rings (SSSR count). The number of hydrogen-bond acceptors (Lipinski definition) is 6. The number of aryl methyl sites for hydroxylation is 2. The quantitative estimate of drug-likeness (QED) is 0.419. The molecule has 0 saturated heterocycles. The van der Waals surface area contributed by atoms with Crippen LogP contribution in [0.25, 0.3) is 11.3 Å². The fraction of sp³-hybridized carbons (Fsp3) is 0.469. The van der Waals surface area contributed by atoms with Gasteiger partial charge in [-0.3, -0.25) is 4.79 Å². The third-order valence-corrected chi connectivity index (χ3v) is 11.0. The summed E-state index contributed by atoms with van der Waals surface area (Å²) in [5.41, 5.74) is 4.03. The van der Waals surface area contributed by atoms with E-state index < -0.39 is 10.0 Å². The molecule has 41 heavy (non-hydrogen) atoms. The van der Waals surface area contributed by atoms with Crippen LogP contribution in [0.15, 0.2) is 53.4 Å². The molecule has 4 aliphatic carbocycles. The summed E-state index contributed by atoms with van der Waals surface area (Å²) in [6, 6.07) is 13.6. The van der Waals surface area contributed by atoms with Crippen LogP contribution in [0, 0.1) is 37.0 Å². The predicted octanol–water partition coefficient (Wildman–Crippen LogP) is 5.66. The average Bonchev–Trinajstić information content (AvgIpc) is 2.90. The highest BCUT2D eigenvalue weighted by atomic mass is 32.2. The van der Waals surface area contributed by atoms with Gasteiger partial charge >= 0.3 is 0 Å². The van der Waals surface area contributed by atoms with Gasteiger partial charge in [-0.2, -0.15) is 4.98 Å². The van der Waals surface area contributed by atoms with Crippen LogP contribution in [-0.4, -0.2) is 36.9 Å². The van der Waals surface area contributed by atoms with Crippen molar-refractivity contribution in [2.75, 3.05) is 11.3 Å². The van der Waals surface area contributed by atoms with E-state index in [1.54, 1.807) is 18.2 Å². The zero-order valence-electron chi connectivity index (χ0n) is 23.5. The molecule has 0 radical (unpaired) electrons. The molecule has 9 heteroatoms. The Morgan fingerprint density at radius 2 is 1.59 bits per heavy atom. The normalized spacial score (nSPS) is 29.8. The average molecular weight is 573 g/mol. The smallest absolute Gasteiger partial charge is 0.264 e. The highest BCUT2D eigenvalue weighted by Gasteiger charge is 2.51. The Balaban J connectivity index is 1.29. The summed E-state index contributed by atoms with van der Waals surface area (Å²) in [6.45, 7) is 4.24. The molecule has 8 nitrogen and oxygen atoms in total. The molecule has 4 fully saturated rings. The number of hydrogen-bond donors (Lipinski definition) is 2. The van der Waals surface area contributed by atoms with E-state index in [-0.39, 0.29) is 40.7 Å². The van der Waals surface area contributed by atoms with Crippen molar-refractivity contribution in [3.8, 4) is 17.1 Å². The number of benzene rings is 2. The van der Waals surface area contributed by atoms with E-state index in [2.05, 4.69) is 20.0 Å². The molecule has 2 N–H and O–H groups in total. The van der Waals surface area contributed by atoms with E-state index in [9.17, 15) is 13.2 Å². The molecule has 1 aliphatic heterocycles. The van der Waals surface area contributed by atoms with Gasteiger partial charge in [0.15, 0.2) is 0 Å². The maximum atomic E-state index is 13.5. The van der Waals surface area contributed by atoms with Gasteiger partial charge in [-0.1, -0.05) is 24.3 Å². The maximum Gasteiger partial charge on any atom is 0.264 e. The van der Waals surface area contributed by atoms with Crippen LogP contribution in [0.1, 0.15) is 66.4 Å². The second kappa shape index (κ2) is 9.82. The van der Waals surface area contributed by atoms with Crippen LogP contribution in [0.4, 0.5) is 5.95 Å². The van der Waals surface area contributed by atoms with Crippen LogP contribution in [-0.2, 0) is 10.0 Å². The summed E-state index contributed by atoms with van der Waals surface area (Å²) in [6.07, 6.45) is 8.57. The summed E-state index contributed by atoms with van der Waals surface area (Å²) in [5, 5.41) is 3.22. The van der Waals surface area contributed by atoms with E-state index >= 15 is 0 Å². The highest BCUT2D eigenvalue weighted by molar-refractivity contribution is 7.92. The number of anilines is 1. The molecular formula is C32H36N4O4S. The molecule has 1 atom stereocenters. The minimum Gasteiger partial charge on any atom is -0.475 e. The number of nitrogens with one attached hydrogen (secondary N) is 2. The number of ether oxygens (including phenoxy) is 1. The van der Waals surface area contributed by atoms with Gasteiger partial charge in [0.2, 0.25) is 11.8 Å². The minimum absolute atomic E-state index is 0.0226. The predicted molar refractivity (Wildman–Crippen MR) is 156 cm³/mol. The fourth-order valence-electron chi connectivity index (χ4n) is 8.54. The number of amides is 1. The zero-order valence-corrected chi connectivity index (χ0v) is 24.3. The van der Waals surface area contributed by atoms with Crippen LogP contribution in [0.5, 0.6) is 5.88 Å². The second-order valence-corrected chi connectivity index (χ2v) is 14.6. The lowest BCUT2D eigenvalue weighted by atomic mass is 9.48. The van der Waals surface area contributed by atoms with Crippen molar-refractivity contribution < 1.29 is 17.9 Å². The van der Waals surface area contributed by atoms with E-state index in [0.717, 1.165) is 40.9 Å². The SMILES string of the molecule is Cc1cccc(C)c1-c1cc2nc(n1)NS(=O)(=O)c1cccc(c1)C(=O)N[C@@H](CC13CC4CC(CC(C4)C1)C3)CO2. The highest BCUT2D eigenvalue weighted by Crippen LogP contribution is 2.61. The lowest BCUT2D eigenvalue weighted by Crippen LogP contribution is -2.50. The number of sulfonamides is 1. The van der Waals surface area contributed by atoms with Gasteiger partial charge in [0.1, 0.15) is 6.61 Å². The Morgan fingerprint density at radius 3 is 2.27 bits per heavy atom. The molecular weight excluding hydrogens is 536 g/mol. The molecule has 0 spiro atoms. The Bertz CT molecular complexity index is 1580. The van der Waals surface area contributed by atoms with Crippen molar-refractivity contribution >= 4 is 21.9 Å². The fourth-order valence-corrected chi connectivity index (χ4v) is 9.53. The molecule has 0 unspecified atom stereocenters. The summed E-state index contributed by atoms with van der Waals surface area (Å²) in [5.74, 6) is 2.29. The second-order valence-electron chi connectivity index (χ2n) is 12.9. The van der Waals surface area contributed by atoms with Crippen molar-refractivity contribution in [2.24, 2.45) is 23.2 Å². The molecule has 5 aliphatic rings. The zero-order chi connectivity index (χ0) is 28.4. The first-order valence-electron chi connectivity index (χ1n) is 14.7. The molecule has 4 saturated carbocycles. The lowest BCUT2D eigenvalue weighted by molar-refractivity contribution is -0.0634. The number of rotatable bonds is 3. The number of nitrogens with zero attached hydrogens (tertiary/aromatic N) is 2. The number of fused-ring (bicyclic) bond motifs is 4. The summed E-state index contributed by atoms with van der Waals surface area (Å²) in [4.78, 5) is 22.5. The Kier molecular flexibility index (Phi) is 6.34. The van der Waals surface area contributed by atoms with Gasteiger partial charge in [-0.15, -0.1) is 0 Å². The summed E-state index contributed by atoms with van der Waals surface area (Å²) < 4.78 is 35.6. The minimum atomic E-state index is -4.06. The van der Waals surface area contributed by atoms with Gasteiger partial charge in [-0.05, 0) is 111 Å². The van der Waals surface area contributed by atoms with E-state index in [0.29, 0.717) is 11.3 Å². The Hall–Kier alpha value is -3.46. The van der Waals surface area contributed by atoms with Crippen molar-refractivity contribution in [3.63, 3.8) is 0 Å². The van der Waals surface area contributed by atoms with E-state index in [4.69, 9.17) is 4.74 Å². The first-order valence-corrected chi connectivity index (χ1v) is 16.2. The number of carbonyl (C=O) groups excluding carboxylic acids is 1. The first kappa shape index (κ1) is 26.4. The van der Waals surface area contributed by atoms with Gasteiger partial charge < -0.3 is 10.1 Å². The lowest BCUT2D eigenvalue weighted by Gasteiger charge is -2.57. The molecule has 1 aromatic heterocycles. The Labute approximate surface area is 241 Å². The van der Waals surface area contributed by atoms with Crippen molar-refractivity contribution in [3.05, 3.63) is 65.2 Å². The van der Waals surface area contributed by atoms with E-state index in [1.165, 1.54) is 50.7 Å². The molecule has 2 aromatic carbocycles. The monoisotopic (exact) mass is 572 g/mol. The molecule has 1 amide bonds. The van der Waals surface area contributed by atoms with Crippen molar-refractivity contribution in [2.45, 2.75) is 69.7 Å². The summed E-state index contributed by atoms with van der Waals surface area (Å²) >= 11 is 0. The van der Waals surface area contributed by atoms with Gasteiger partial charge in [-0.25, -0.2) is 18.1 Å². The molecule has 8 bridgehead atoms. The van der Waals surface area contributed by atoms with Crippen LogP contribution in [0.2, 0.25) is 0 Å². The Morgan fingerprint density at radius 1 is 0.927 bits per heavy atom. The number of aromatic nitrogens is 2. The van der Waals surface area contributed by atoms with Crippen molar-refractivity contribution in [1.29, 1.82) is 0 Å². The van der Waals surface area contributed by atoms with Crippen LogP contribution >= 0.6 is 0 Å². The van der Waals surface area contributed by atoms with Crippen LogP contribution < -0.4 is 14.8 Å². The van der Waals surface area contributed by atoms with Gasteiger partial charge in [0.25, 0.3) is 15.9 Å². The van der Waals surface area contributed by atoms with Crippen LogP contribution in [0.3, 0.4) is 0 Å². The maximum absolute atomic E-state index is 13.5. The summed E-state index contributed by atoms with van der Waals surface area (Å²) in [7, 11) is -4.06. The largest absolute Gasteiger partial charge is 0.475 e. The molecule has 3 aromatic rings. The topological polar surface area (TPSA) is 110 Å². The van der Waals surface area contributed by atoms with E-state index in [1.807, 2.05) is 32.0 Å². The van der Waals surface area contributed by atoms with Gasteiger partial charge in [0, 0.05) is 17.2 Å².